The van der Waals surface area contributed by atoms with E-state index >= 15 is 0 Å². The Kier molecular flexibility index (Phi) is 3.51. The van der Waals surface area contributed by atoms with Gasteiger partial charge in [-0.15, -0.1) is 0 Å². The normalized spacial score (nSPS) is 11.1. The Morgan fingerprint density at radius 3 is 2.31 bits per heavy atom. The van der Waals surface area contributed by atoms with E-state index in [4.69, 9.17) is 10.9 Å². The van der Waals surface area contributed by atoms with E-state index in [1.54, 1.807) is 12.1 Å². The van der Waals surface area contributed by atoms with Gasteiger partial charge in [-0.25, -0.2) is 13.2 Å². The van der Waals surface area contributed by atoms with Crippen molar-refractivity contribution in [3.8, 4) is 0 Å². The molecule has 88 valence electrons. The molecule has 0 radical (unpaired) electrons. The number of nitrogens with zero attached hydrogens (tertiary/aromatic N) is 1. The maximum atomic E-state index is 11.6. The van der Waals surface area contributed by atoms with E-state index < -0.39 is 21.7 Å². The molecule has 1 aromatic carbocycles. The Morgan fingerprint density at radius 2 is 1.88 bits per heavy atom. The quantitative estimate of drug-likeness (QED) is 0.597. The van der Waals surface area contributed by atoms with Gasteiger partial charge in [0.05, 0.1) is 4.90 Å². The largest absolute Gasteiger partial charge is 0.350 e. The van der Waals surface area contributed by atoms with E-state index in [0.717, 1.165) is 5.56 Å². The number of nitrogens with two attached hydrogens (primary N) is 1. The second kappa shape index (κ2) is 4.50. The van der Waals surface area contributed by atoms with Crippen LogP contribution in [-0.2, 0) is 9.84 Å². The van der Waals surface area contributed by atoms with Crippen LogP contribution in [-0.4, -0.2) is 30.6 Å². The first-order chi connectivity index (χ1) is 7.33. The second-order valence-corrected chi connectivity index (χ2v) is 5.25. The highest BCUT2D eigenvalue weighted by Gasteiger charge is 2.20. The van der Waals surface area contributed by atoms with Crippen LogP contribution in [0.2, 0.25) is 0 Å². The summed E-state index contributed by atoms with van der Waals surface area (Å²) in [4.78, 5) is 10.5. The SMILES string of the molecule is Cc1ccc(S(=O)(=O)CN(O)C(N)=O)cc1. The van der Waals surface area contributed by atoms with Crippen molar-refractivity contribution in [2.75, 3.05) is 5.88 Å². The van der Waals surface area contributed by atoms with Crippen LogP contribution in [0.5, 0.6) is 0 Å². The number of aryl methyl sites for hydroxylation is 1. The van der Waals surface area contributed by atoms with Crippen molar-refractivity contribution in [2.45, 2.75) is 11.8 Å². The van der Waals surface area contributed by atoms with Gasteiger partial charge in [-0.3, -0.25) is 5.21 Å². The number of hydrogen-bond acceptors (Lipinski definition) is 4. The van der Waals surface area contributed by atoms with E-state index in [1.807, 2.05) is 6.92 Å². The standard InChI is InChI=1S/C9H12N2O4S/c1-7-2-4-8(5-3-7)16(14,15)6-11(13)9(10)12/h2-5,13H,6H2,1H3,(H2,10,12). The summed E-state index contributed by atoms with van der Waals surface area (Å²) in [5.74, 6) is -0.856. The zero-order chi connectivity index (χ0) is 12.3. The number of rotatable bonds is 3. The van der Waals surface area contributed by atoms with E-state index in [2.05, 4.69) is 0 Å². The number of carbonyl (C=O) groups excluding carboxylic acids is 1. The maximum Gasteiger partial charge on any atom is 0.339 e. The molecule has 0 saturated carbocycles. The van der Waals surface area contributed by atoms with Crippen molar-refractivity contribution in [3.05, 3.63) is 29.8 Å². The number of urea groups is 1. The summed E-state index contributed by atoms with van der Waals surface area (Å²) in [5, 5.41) is 8.91. The van der Waals surface area contributed by atoms with Crippen molar-refractivity contribution >= 4 is 15.9 Å². The highest BCUT2D eigenvalue weighted by Crippen LogP contribution is 2.12. The molecule has 0 bridgehead atoms. The van der Waals surface area contributed by atoms with Crippen molar-refractivity contribution in [3.63, 3.8) is 0 Å². The highest BCUT2D eigenvalue weighted by atomic mass is 32.2. The third-order valence-corrected chi connectivity index (χ3v) is 3.50. The van der Waals surface area contributed by atoms with Crippen LogP contribution in [0.25, 0.3) is 0 Å². The molecule has 3 N–H and O–H groups in total. The molecule has 16 heavy (non-hydrogen) atoms. The Labute approximate surface area is 93.2 Å². The molecule has 0 aliphatic carbocycles. The number of amides is 2. The van der Waals surface area contributed by atoms with Gasteiger partial charge in [0, 0.05) is 0 Å². The summed E-state index contributed by atoms with van der Waals surface area (Å²) in [6, 6.07) is 4.84. The lowest BCUT2D eigenvalue weighted by atomic mass is 10.2. The third kappa shape index (κ3) is 2.94. The molecule has 0 aliphatic heterocycles. The number of primary amides is 1. The highest BCUT2D eigenvalue weighted by molar-refractivity contribution is 7.91. The molecular formula is C9H12N2O4S. The number of carbonyl (C=O) groups is 1. The van der Waals surface area contributed by atoms with Crippen LogP contribution in [0.3, 0.4) is 0 Å². The predicted molar refractivity (Wildman–Crippen MR) is 56.4 cm³/mol. The van der Waals surface area contributed by atoms with Crippen LogP contribution in [0.4, 0.5) is 4.79 Å². The Morgan fingerprint density at radius 1 is 1.38 bits per heavy atom. The molecule has 7 heteroatoms. The van der Waals surface area contributed by atoms with Crippen molar-refractivity contribution in [2.24, 2.45) is 5.73 Å². The van der Waals surface area contributed by atoms with E-state index in [0.29, 0.717) is 0 Å². The fourth-order valence-corrected chi connectivity index (χ4v) is 2.19. The molecule has 0 aromatic heterocycles. The van der Waals surface area contributed by atoms with Crippen LogP contribution >= 0.6 is 0 Å². The molecule has 6 nitrogen and oxygen atoms in total. The van der Waals surface area contributed by atoms with Crippen LogP contribution in [0.15, 0.2) is 29.2 Å². The van der Waals surface area contributed by atoms with Gasteiger partial charge in [-0.05, 0) is 19.1 Å². The molecule has 0 fully saturated rings. The van der Waals surface area contributed by atoms with E-state index in [1.165, 1.54) is 12.1 Å². The summed E-state index contributed by atoms with van der Waals surface area (Å²) >= 11 is 0. The van der Waals surface area contributed by atoms with Gasteiger partial charge in [0.25, 0.3) is 0 Å². The molecule has 0 heterocycles. The lowest BCUT2D eigenvalue weighted by Crippen LogP contribution is -2.36. The first-order valence-electron chi connectivity index (χ1n) is 4.38. The van der Waals surface area contributed by atoms with Crippen LogP contribution in [0, 0.1) is 6.92 Å². The average Bonchev–Trinajstić information content (AvgIpc) is 2.17. The summed E-state index contributed by atoms with van der Waals surface area (Å²) in [5.41, 5.74) is 5.63. The number of hydrogen-bond donors (Lipinski definition) is 2. The molecule has 0 aliphatic rings. The Hall–Kier alpha value is -1.60. The summed E-state index contributed by atoms with van der Waals surface area (Å²) in [7, 11) is -3.75. The zero-order valence-corrected chi connectivity index (χ0v) is 9.44. The summed E-state index contributed by atoms with van der Waals surface area (Å²) in [6.07, 6.45) is 0. The van der Waals surface area contributed by atoms with Gasteiger partial charge >= 0.3 is 6.03 Å². The predicted octanol–water partition coefficient (Wildman–Crippen LogP) is 0.496. The zero-order valence-electron chi connectivity index (χ0n) is 8.62. The molecule has 1 aromatic rings. The average molecular weight is 244 g/mol. The van der Waals surface area contributed by atoms with Gasteiger partial charge in [-0.2, -0.15) is 5.06 Å². The molecule has 0 saturated heterocycles. The minimum atomic E-state index is -3.75. The first kappa shape index (κ1) is 12.5. The second-order valence-electron chi connectivity index (χ2n) is 3.29. The number of hydroxylamine groups is 2. The molecular weight excluding hydrogens is 232 g/mol. The van der Waals surface area contributed by atoms with E-state index in [9.17, 15) is 13.2 Å². The van der Waals surface area contributed by atoms with Gasteiger partial charge in [0.15, 0.2) is 15.7 Å². The fraction of sp³-hybridized carbons (Fsp3) is 0.222. The first-order valence-corrected chi connectivity index (χ1v) is 6.03. The van der Waals surface area contributed by atoms with Crippen LogP contribution < -0.4 is 5.73 Å². The minimum absolute atomic E-state index is 0.0263. The Bertz CT molecular complexity index is 481. The molecule has 0 unspecified atom stereocenters. The maximum absolute atomic E-state index is 11.6. The van der Waals surface area contributed by atoms with Gasteiger partial charge < -0.3 is 5.73 Å². The van der Waals surface area contributed by atoms with Crippen molar-refractivity contribution in [1.82, 2.24) is 5.06 Å². The molecule has 0 atom stereocenters. The van der Waals surface area contributed by atoms with E-state index in [-0.39, 0.29) is 9.96 Å². The lowest BCUT2D eigenvalue weighted by molar-refractivity contribution is -0.0223. The monoisotopic (exact) mass is 244 g/mol. The Balaban J connectivity index is 2.94. The molecule has 1 rings (SSSR count). The molecule has 0 spiro atoms. The smallest absolute Gasteiger partial charge is 0.339 e. The third-order valence-electron chi connectivity index (χ3n) is 1.93. The van der Waals surface area contributed by atoms with Crippen molar-refractivity contribution in [1.29, 1.82) is 0 Å². The van der Waals surface area contributed by atoms with Crippen LogP contribution in [0.1, 0.15) is 5.56 Å². The van der Waals surface area contributed by atoms with Gasteiger partial charge in [0.2, 0.25) is 0 Å². The molecule has 2 amide bonds. The number of benzene rings is 1. The van der Waals surface area contributed by atoms with Crippen molar-refractivity contribution < 1.29 is 18.4 Å². The van der Waals surface area contributed by atoms with Gasteiger partial charge in [0.1, 0.15) is 0 Å². The minimum Gasteiger partial charge on any atom is -0.350 e. The topological polar surface area (TPSA) is 101 Å². The number of sulfone groups is 1. The fourth-order valence-electron chi connectivity index (χ4n) is 1.04. The van der Waals surface area contributed by atoms with Gasteiger partial charge in [-0.1, -0.05) is 17.7 Å². The summed E-state index contributed by atoms with van der Waals surface area (Å²) in [6.45, 7) is 1.82. The summed E-state index contributed by atoms with van der Waals surface area (Å²) < 4.78 is 23.3. The lowest BCUT2D eigenvalue weighted by Gasteiger charge is -2.12.